The first-order chi connectivity index (χ1) is 39.3. The molecule has 5 aliphatic carbocycles. The number of carbonyl (C=O) groups excluding carboxylic acids is 1. The van der Waals surface area contributed by atoms with Crippen LogP contribution in [0.2, 0.25) is 0 Å². The van der Waals surface area contributed by atoms with Crippen molar-refractivity contribution in [2.75, 3.05) is 19.8 Å². The van der Waals surface area contributed by atoms with Crippen molar-refractivity contribution < 1.29 is 124 Å². The minimum Gasteiger partial charge on any atom is -0.432 e. The van der Waals surface area contributed by atoms with E-state index in [9.17, 15) is 71.5 Å². The van der Waals surface area contributed by atoms with Crippen molar-refractivity contribution in [1.82, 2.24) is 0 Å². The number of hydrogen-bond donors (Lipinski definition) is 14. The van der Waals surface area contributed by atoms with E-state index in [2.05, 4.69) is 54.5 Å². The fourth-order valence-corrected chi connectivity index (χ4v) is 17.6. The van der Waals surface area contributed by atoms with Gasteiger partial charge in [-0.25, -0.2) is 0 Å². The molecule has 5 saturated heterocycles. The van der Waals surface area contributed by atoms with Crippen molar-refractivity contribution in [2.24, 2.45) is 50.2 Å². The number of allylic oxidation sites excluding steroid dienone is 2. The number of aliphatic hydroxyl groups is 14. The largest absolute Gasteiger partial charge is 0.432 e. The molecule has 9 fully saturated rings. The Hall–Kier alpha value is -1.71. The Labute approximate surface area is 490 Å². The summed E-state index contributed by atoms with van der Waals surface area (Å²) in [4.78, 5) is 15.1. The van der Waals surface area contributed by atoms with Gasteiger partial charge in [-0.15, -0.1) is 0 Å². The first-order valence-corrected chi connectivity index (χ1v) is 30.5. The molecule has 25 heteroatoms. The lowest BCUT2D eigenvalue weighted by Crippen LogP contribution is -2.66. The van der Waals surface area contributed by atoms with Gasteiger partial charge in [-0.2, -0.15) is 0 Å². The second kappa shape index (κ2) is 23.8. The molecule has 32 atom stereocenters. The second-order valence-corrected chi connectivity index (χ2v) is 28.6. The van der Waals surface area contributed by atoms with E-state index in [0.717, 1.165) is 32.1 Å². The number of carbonyl (C=O) groups is 1. The summed E-state index contributed by atoms with van der Waals surface area (Å²) in [5.41, 5.74) is -1.18. The lowest BCUT2D eigenvalue weighted by atomic mass is 9.33. The maximum Gasteiger partial charge on any atom is 0.315 e. The van der Waals surface area contributed by atoms with Gasteiger partial charge in [-0.3, -0.25) is 4.79 Å². The molecule has 0 spiro atoms. The average Bonchev–Trinajstić information content (AvgIpc) is 0.708. The van der Waals surface area contributed by atoms with E-state index in [1.165, 1.54) is 19.4 Å². The molecule has 10 aliphatic rings. The van der Waals surface area contributed by atoms with E-state index in [1.807, 2.05) is 0 Å². The molecule has 0 unspecified atom stereocenters. The summed E-state index contributed by atoms with van der Waals surface area (Å²) in [5, 5.41) is 151. The van der Waals surface area contributed by atoms with Crippen LogP contribution in [0.4, 0.5) is 0 Å². The van der Waals surface area contributed by atoms with E-state index in [-0.39, 0.29) is 46.0 Å². The summed E-state index contributed by atoms with van der Waals surface area (Å²) in [6.07, 6.45) is -28.2. The van der Waals surface area contributed by atoms with Gasteiger partial charge in [0.15, 0.2) is 25.2 Å². The fourth-order valence-electron chi connectivity index (χ4n) is 17.6. The molecule has 0 aromatic heterocycles. The van der Waals surface area contributed by atoms with Gasteiger partial charge in [0, 0.05) is 0 Å². The minimum absolute atomic E-state index is 0.135. The number of ether oxygens (including phenoxy) is 10. The maximum atomic E-state index is 15.1. The molecule has 25 nitrogen and oxygen atoms in total. The molecule has 5 aliphatic heterocycles. The maximum absolute atomic E-state index is 15.1. The molecule has 0 bridgehead atoms. The number of hydrogen-bond acceptors (Lipinski definition) is 25. The Morgan fingerprint density at radius 2 is 1.11 bits per heavy atom. The molecule has 0 amide bonds. The van der Waals surface area contributed by atoms with Crippen LogP contribution < -0.4 is 0 Å². The Bertz CT molecular complexity index is 2340. The lowest BCUT2D eigenvalue weighted by Gasteiger charge is -2.71. The summed E-state index contributed by atoms with van der Waals surface area (Å²) in [7, 11) is 0. The summed E-state index contributed by atoms with van der Waals surface area (Å²) in [6, 6.07) is 0. The third kappa shape index (κ3) is 10.8. The van der Waals surface area contributed by atoms with Crippen LogP contribution in [0, 0.1) is 50.2 Å². The van der Waals surface area contributed by atoms with Gasteiger partial charge in [0.25, 0.3) is 0 Å². The van der Waals surface area contributed by atoms with E-state index in [4.69, 9.17) is 47.4 Å². The van der Waals surface area contributed by atoms with Crippen LogP contribution in [0.15, 0.2) is 11.6 Å². The Morgan fingerprint density at radius 1 is 0.536 bits per heavy atom. The average molecular weight is 1210 g/mol. The molecule has 0 radical (unpaired) electrons. The smallest absolute Gasteiger partial charge is 0.315 e. The zero-order chi connectivity index (χ0) is 61.3. The molecule has 84 heavy (non-hydrogen) atoms. The molecule has 14 N–H and O–H groups in total. The molecule has 5 heterocycles. The Balaban J connectivity index is 0.841. The quantitative estimate of drug-likeness (QED) is 0.0600. The standard InChI is InChI=1S/C59H96O25/c1-24-34(63)38(67)41(70)48(76-24)82-46-35(64)25(2)77-51(44(46)73)83-47-36(65)28(62)23-75-52(47)80-33-13-14-56(7)31(55(33,5)6)12-15-58(9)32(56)11-10-26-27-20-54(3,4)16-18-59(27,19-17-57(26,58)8)53(74)84-50-43(72)40(69)45(30(22-61)79-50)81-49-42(71)39(68)37(66)29(21-60)78-49/h10,24-25,27-52,60-73H,11-23H2,1-9H3/t24-,25-,27+,28-,29+,30+,31+,32+,33-,34-,35-,36-,37+,38+,39-,40+,41+,42+,43+,44+,45+,46+,47+,48-,49-,50-,51-,52-,56-,57+,58+,59-/m0/s1. The second-order valence-electron chi connectivity index (χ2n) is 28.6. The highest BCUT2D eigenvalue weighted by Gasteiger charge is 2.70. The van der Waals surface area contributed by atoms with E-state index >= 15 is 4.79 Å². The lowest BCUT2D eigenvalue weighted by molar-refractivity contribution is -0.381. The number of esters is 1. The van der Waals surface area contributed by atoms with Gasteiger partial charge in [0.05, 0.1) is 43.5 Å². The van der Waals surface area contributed by atoms with Gasteiger partial charge < -0.3 is 119 Å². The van der Waals surface area contributed by atoms with Crippen LogP contribution in [0.5, 0.6) is 0 Å². The SMILES string of the molecule is C[C@@H]1O[C@@H](O[C@@H]2[C@@H](O)[C@H](C)O[C@@H](O[C@H]3[C@H](O[C@H]4CC[C@@]5(C)[C@H](CC[C@]6(C)[C@@H]5CC=C5[C@H]7CC(C)(C)CC[C@]7(C(=O)O[C@@H]7O[C@H](CO)[C@@H](O[C@@H]8O[C@H](CO)[C@@H](O)[C@H](O)[C@H]8O)[C@H](O)[C@H]7O)CC[C@]56C)C4(C)C)OC[C@H](O)[C@@H]3O)[C@@H]2O)[C@H](O)[C@H](O)[C@H]1O. The topological polar surface area (TPSA) is 393 Å². The van der Waals surface area contributed by atoms with Gasteiger partial charge in [0.1, 0.15) is 104 Å². The Morgan fingerprint density at radius 3 is 1.77 bits per heavy atom. The van der Waals surface area contributed by atoms with Crippen LogP contribution in [0.25, 0.3) is 0 Å². The summed E-state index contributed by atoms with van der Waals surface area (Å²) in [5.74, 6) is -0.473. The predicted molar refractivity (Wildman–Crippen MR) is 287 cm³/mol. The van der Waals surface area contributed by atoms with Gasteiger partial charge in [0.2, 0.25) is 6.29 Å². The molecular weight excluding hydrogens is 1110 g/mol. The minimum atomic E-state index is -1.88. The fraction of sp³-hybridized carbons (Fsp3) is 0.949. The highest BCUT2D eigenvalue weighted by atomic mass is 16.8. The molecule has 0 aromatic carbocycles. The monoisotopic (exact) mass is 1200 g/mol. The normalized spacial score (nSPS) is 54.6. The van der Waals surface area contributed by atoms with Crippen LogP contribution >= 0.6 is 0 Å². The molecule has 10 rings (SSSR count). The summed E-state index contributed by atoms with van der Waals surface area (Å²) < 4.78 is 60.1. The van der Waals surface area contributed by atoms with Crippen molar-refractivity contribution in [3.05, 3.63) is 11.6 Å². The molecule has 0 aromatic rings. The summed E-state index contributed by atoms with van der Waals surface area (Å²) >= 11 is 0. The molecule has 4 saturated carbocycles. The number of rotatable bonds is 12. The van der Waals surface area contributed by atoms with Gasteiger partial charge in [-0.1, -0.05) is 60.1 Å². The zero-order valence-corrected chi connectivity index (χ0v) is 49.7. The van der Waals surface area contributed by atoms with Crippen molar-refractivity contribution in [3.63, 3.8) is 0 Å². The van der Waals surface area contributed by atoms with E-state index in [0.29, 0.717) is 32.1 Å². The highest BCUT2D eigenvalue weighted by Crippen LogP contribution is 2.76. The third-order valence-corrected chi connectivity index (χ3v) is 23.1. The molecular formula is C59H96O25. The predicted octanol–water partition coefficient (Wildman–Crippen LogP) is -1.52. The third-order valence-electron chi connectivity index (χ3n) is 23.1. The van der Waals surface area contributed by atoms with E-state index < -0.39 is 184 Å². The van der Waals surface area contributed by atoms with E-state index in [1.54, 1.807) is 0 Å². The number of fused-ring (bicyclic) bond motifs is 7. The van der Waals surface area contributed by atoms with Crippen molar-refractivity contribution in [3.8, 4) is 0 Å². The highest BCUT2D eigenvalue weighted by molar-refractivity contribution is 5.79. The Kier molecular flexibility index (Phi) is 18.5. The first-order valence-electron chi connectivity index (χ1n) is 30.5. The van der Waals surface area contributed by atoms with Gasteiger partial charge >= 0.3 is 5.97 Å². The summed E-state index contributed by atoms with van der Waals surface area (Å²) in [6.45, 7) is 17.2. The van der Waals surface area contributed by atoms with Crippen LogP contribution in [0.1, 0.15) is 127 Å². The van der Waals surface area contributed by atoms with Crippen LogP contribution in [-0.4, -0.2) is 251 Å². The van der Waals surface area contributed by atoms with Crippen LogP contribution in [0.3, 0.4) is 0 Å². The van der Waals surface area contributed by atoms with Crippen LogP contribution in [-0.2, 0) is 52.2 Å². The van der Waals surface area contributed by atoms with Crippen molar-refractivity contribution >= 4 is 5.97 Å². The molecule has 482 valence electrons. The van der Waals surface area contributed by atoms with Crippen molar-refractivity contribution in [1.29, 1.82) is 0 Å². The first kappa shape index (κ1) is 65.2. The van der Waals surface area contributed by atoms with Gasteiger partial charge in [-0.05, 0) is 123 Å². The van der Waals surface area contributed by atoms with Crippen molar-refractivity contribution in [2.45, 2.75) is 280 Å². The number of aliphatic hydroxyl groups excluding tert-OH is 14. The zero-order valence-electron chi connectivity index (χ0n) is 49.7.